The summed E-state index contributed by atoms with van der Waals surface area (Å²) in [6.45, 7) is 2.87. The maximum Gasteiger partial charge on any atom is 0.306 e. The number of ether oxygens (including phenoxy) is 1. The van der Waals surface area contributed by atoms with Gasteiger partial charge in [-0.15, -0.1) is 0 Å². The molecule has 0 fully saturated rings. The predicted octanol–water partition coefficient (Wildman–Crippen LogP) is 2.96. The van der Waals surface area contributed by atoms with E-state index in [4.69, 9.17) is 9.15 Å². The number of furan rings is 1. The Kier molecular flexibility index (Phi) is 6.05. The maximum atomic E-state index is 12.1. The lowest BCUT2D eigenvalue weighted by molar-refractivity contribution is -0.385. The average molecular weight is 384 g/mol. The standard InChI is InChI=1S/C19H20N4O5/c1-2-14-3-5-16(6-4-14)27-13-17-7-8-18(28-17)19(24)20-9-10-22-12-15(11-21-22)23(25)26/h3-8,11-12H,2,9-10,13H2,1H3,(H,20,24). The molecule has 2 aromatic heterocycles. The highest BCUT2D eigenvalue weighted by molar-refractivity contribution is 5.91. The molecule has 3 aromatic rings. The smallest absolute Gasteiger partial charge is 0.306 e. The summed E-state index contributed by atoms with van der Waals surface area (Å²) in [6.07, 6.45) is 3.44. The van der Waals surface area contributed by atoms with Crippen LogP contribution in [0.25, 0.3) is 0 Å². The third kappa shape index (κ3) is 4.97. The number of nitrogens with one attached hydrogen (secondary N) is 1. The lowest BCUT2D eigenvalue weighted by Gasteiger charge is -2.05. The SMILES string of the molecule is CCc1ccc(OCc2ccc(C(=O)NCCn3cc([N+](=O)[O-])cn3)o2)cc1. The lowest BCUT2D eigenvalue weighted by atomic mass is 10.2. The van der Waals surface area contributed by atoms with E-state index < -0.39 is 4.92 Å². The number of amides is 1. The van der Waals surface area contributed by atoms with Crippen LogP contribution in [0.3, 0.4) is 0 Å². The summed E-state index contributed by atoms with van der Waals surface area (Å²) in [5.74, 6) is 1.06. The number of hydrogen-bond donors (Lipinski definition) is 1. The number of hydrogen-bond acceptors (Lipinski definition) is 6. The maximum absolute atomic E-state index is 12.1. The first-order valence-corrected chi connectivity index (χ1v) is 8.80. The van der Waals surface area contributed by atoms with Gasteiger partial charge in [-0.3, -0.25) is 19.6 Å². The second-order valence-corrected chi connectivity index (χ2v) is 6.03. The third-order valence-corrected chi connectivity index (χ3v) is 4.06. The molecular formula is C19H20N4O5. The van der Waals surface area contributed by atoms with Gasteiger partial charge in [0.25, 0.3) is 5.91 Å². The molecule has 1 amide bonds. The van der Waals surface area contributed by atoms with Crippen LogP contribution in [0.4, 0.5) is 5.69 Å². The van der Waals surface area contributed by atoms with Gasteiger partial charge in [0.1, 0.15) is 30.5 Å². The molecule has 0 saturated heterocycles. The van der Waals surface area contributed by atoms with E-state index in [9.17, 15) is 14.9 Å². The third-order valence-electron chi connectivity index (χ3n) is 4.06. The van der Waals surface area contributed by atoms with E-state index in [-0.39, 0.29) is 30.5 Å². The normalized spacial score (nSPS) is 10.6. The fourth-order valence-electron chi connectivity index (χ4n) is 2.49. The van der Waals surface area contributed by atoms with Crippen molar-refractivity contribution in [2.45, 2.75) is 26.5 Å². The van der Waals surface area contributed by atoms with E-state index in [2.05, 4.69) is 17.3 Å². The zero-order valence-electron chi connectivity index (χ0n) is 15.3. The van der Waals surface area contributed by atoms with Gasteiger partial charge in [0.15, 0.2) is 5.76 Å². The van der Waals surface area contributed by atoms with Gasteiger partial charge < -0.3 is 14.5 Å². The number of aryl methyl sites for hydroxylation is 1. The van der Waals surface area contributed by atoms with Crippen molar-refractivity contribution >= 4 is 11.6 Å². The van der Waals surface area contributed by atoms with Gasteiger partial charge in [-0.05, 0) is 36.2 Å². The minimum Gasteiger partial charge on any atom is -0.486 e. The van der Waals surface area contributed by atoms with Crippen molar-refractivity contribution in [1.29, 1.82) is 0 Å². The van der Waals surface area contributed by atoms with Gasteiger partial charge in [-0.1, -0.05) is 19.1 Å². The lowest BCUT2D eigenvalue weighted by Crippen LogP contribution is -2.27. The minimum absolute atomic E-state index is 0.0914. The van der Waals surface area contributed by atoms with E-state index in [1.807, 2.05) is 24.3 Å². The number of nitrogens with zero attached hydrogens (tertiary/aromatic N) is 3. The van der Waals surface area contributed by atoms with Gasteiger partial charge in [-0.25, -0.2) is 0 Å². The molecule has 0 unspecified atom stereocenters. The summed E-state index contributed by atoms with van der Waals surface area (Å²) >= 11 is 0. The molecule has 0 spiro atoms. The Labute approximate surface area is 161 Å². The first-order chi connectivity index (χ1) is 13.5. The second kappa shape index (κ2) is 8.85. The van der Waals surface area contributed by atoms with Crippen LogP contribution in [0.15, 0.2) is 53.2 Å². The summed E-state index contributed by atoms with van der Waals surface area (Å²) in [5, 5.41) is 17.2. The molecular weight excluding hydrogens is 364 g/mol. The second-order valence-electron chi connectivity index (χ2n) is 6.03. The zero-order valence-corrected chi connectivity index (χ0v) is 15.3. The Morgan fingerprint density at radius 1 is 1.29 bits per heavy atom. The quantitative estimate of drug-likeness (QED) is 0.448. The molecule has 0 aliphatic heterocycles. The van der Waals surface area contributed by atoms with Crippen LogP contribution in [0, 0.1) is 10.1 Å². The van der Waals surface area contributed by atoms with Gasteiger partial charge in [0.05, 0.1) is 11.5 Å². The highest BCUT2D eigenvalue weighted by Gasteiger charge is 2.12. The molecule has 3 rings (SSSR count). The summed E-state index contributed by atoms with van der Waals surface area (Å²) in [6, 6.07) is 11.1. The van der Waals surface area contributed by atoms with Crippen LogP contribution >= 0.6 is 0 Å². The molecule has 0 saturated carbocycles. The van der Waals surface area contributed by atoms with Crippen molar-refractivity contribution in [3.8, 4) is 5.75 Å². The van der Waals surface area contributed by atoms with Gasteiger partial charge in [0.2, 0.25) is 0 Å². The van der Waals surface area contributed by atoms with Crippen LogP contribution in [-0.4, -0.2) is 27.2 Å². The van der Waals surface area contributed by atoms with Crippen molar-refractivity contribution in [3.63, 3.8) is 0 Å². The van der Waals surface area contributed by atoms with Crippen molar-refractivity contribution in [2.75, 3.05) is 6.54 Å². The van der Waals surface area contributed by atoms with Crippen LogP contribution < -0.4 is 10.1 Å². The van der Waals surface area contributed by atoms with Crippen LogP contribution in [0.2, 0.25) is 0 Å². The summed E-state index contributed by atoms with van der Waals surface area (Å²) < 4.78 is 12.5. The fraction of sp³-hybridized carbons (Fsp3) is 0.263. The van der Waals surface area contributed by atoms with Crippen molar-refractivity contribution < 1.29 is 18.9 Å². The molecule has 146 valence electrons. The molecule has 0 aliphatic rings. The van der Waals surface area contributed by atoms with Gasteiger partial charge in [0, 0.05) is 6.54 Å². The Morgan fingerprint density at radius 3 is 2.75 bits per heavy atom. The topological polar surface area (TPSA) is 112 Å². The Morgan fingerprint density at radius 2 is 2.07 bits per heavy atom. The monoisotopic (exact) mass is 384 g/mol. The number of aromatic nitrogens is 2. The summed E-state index contributed by atoms with van der Waals surface area (Å²) in [4.78, 5) is 22.2. The van der Waals surface area contributed by atoms with Gasteiger partial charge >= 0.3 is 5.69 Å². The highest BCUT2D eigenvalue weighted by atomic mass is 16.6. The number of carbonyl (C=O) groups is 1. The predicted molar refractivity (Wildman–Crippen MR) is 100 cm³/mol. The zero-order chi connectivity index (χ0) is 19.9. The first-order valence-electron chi connectivity index (χ1n) is 8.80. The van der Waals surface area contributed by atoms with Crippen LogP contribution in [0.1, 0.15) is 28.8 Å². The number of nitro groups is 1. The minimum atomic E-state index is -0.521. The Balaban J connectivity index is 1.45. The van der Waals surface area contributed by atoms with Crippen molar-refractivity contribution in [3.05, 3.63) is 76.0 Å². The molecule has 28 heavy (non-hydrogen) atoms. The Bertz CT molecular complexity index is 945. The average Bonchev–Trinajstić information content (AvgIpc) is 3.36. The highest BCUT2D eigenvalue weighted by Crippen LogP contribution is 2.16. The molecule has 1 N–H and O–H groups in total. The molecule has 1 aromatic carbocycles. The first kappa shape index (κ1) is 19.2. The van der Waals surface area contributed by atoms with E-state index in [1.165, 1.54) is 16.4 Å². The number of rotatable bonds is 9. The van der Waals surface area contributed by atoms with Gasteiger partial charge in [-0.2, -0.15) is 5.10 Å². The van der Waals surface area contributed by atoms with E-state index in [0.717, 1.165) is 18.4 Å². The molecule has 2 heterocycles. The largest absolute Gasteiger partial charge is 0.486 e. The number of carbonyl (C=O) groups excluding carboxylic acids is 1. The van der Waals surface area contributed by atoms with E-state index in [1.54, 1.807) is 12.1 Å². The molecule has 0 radical (unpaired) electrons. The Hall–Kier alpha value is -3.62. The molecule has 0 aliphatic carbocycles. The summed E-state index contributed by atoms with van der Waals surface area (Å²) in [7, 11) is 0. The van der Waals surface area contributed by atoms with Crippen molar-refractivity contribution in [1.82, 2.24) is 15.1 Å². The van der Waals surface area contributed by atoms with E-state index in [0.29, 0.717) is 12.3 Å². The fourth-order valence-corrected chi connectivity index (χ4v) is 2.49. The summed E-state index contributed by atoms with van der Waals surface area (Å²) in [5.41, 5.74) is 1.14. The van der Waals surface area contributed by atoms with Crippen LogP contribution in [0.5, 0.6) is 5.75 Å². The van der Waals surface area contributed by atoms with E-state index >= 15 is 0 Å². The number of benzene rings is 1. The van der Waals surface area contributed by atoms with Crippen LogP contribution in [-0.2, 0) is 19.6 Å². The van der Waals surface area contributed by atoms with Crippen molar-refractivity contribution in [2.24, 2.45) is 0 Å². The molecule has 0 bridgehead atoms. The molecule has 0 atom stereocenters. The molecule has 9 heteroatoms. The molecule has 9 nitrogen and oxygen atoms in total.